The highest BCUT2D eigenvalue weighted by atomic mass is 79.9. The second-order valence-electron chi connectivity index (χ2n) is 13.3. The van der Waals surface area contributed by atoms with Crippen LogP contribution in [0.2, 0.25) is 0 Å². The van der Waals surface area contributed by atoms with E-state index in [9.17, 15) is 14.4 Å². The molecule has 4 aliphatic rings. The Kier molecular flexibility index (Phi) is 10.5. The fourth-order valence-electron chi connectivity index (χ4n) is 7.32. The molecule has 0 aliphatic carbocycles. The molecule has 3 saturated heterocycles. The van der Waals surface area contributed by atoms with Gasteiger partial charge in [-0.1, -0.05) is 46.3 Å². The number of nitrogens with one attached hydrogen (secondary N) is 1. The highest BCUT2D eigenvalue weighted by Gasteiger charge is 2.36. The molecule has 0 spiro atoms. The highest BCUT2D eigenvalue weighted by Crippen LogP contribution is 2.26. The molecule has 4 amide bonds. The average Bonchev–Trinajstić information content (AvgIpc) is 3.24. The molecule has 4 aliphatic heterocycles. The molecule has 4 heterocycles. The van der Waals surface area contributed by atoms with Gasteiger partial charge in [0.05, 0.1) is 0 Å². The normalized spacial score (nSPS) is 21.4. The molecule has 1 atom stereocenters. The summed E-state index contributed by atoms with van der Waals surface area (Å²) in [6.07, 6.45) is 3.43. The fraction of sp³-hybridized carbons (Fsp3) is 0.571. The molecule has 0 aromatic heterocycles. The van der Waals surface area contributed by atoms with Crippen LogP contribution in [0.3, 0.4) is 0 Å². The zero-order valence-electron chi connectivity index (χ0n) is 27.1. The number of carbonyl (C=O) groups is 3. The van der Waals surface area contributed by atoms with Gasteiger partial charge in [-0.25, -0.2) is 9.59 Å². The molecule has 2 aromatic rings. The van der Waals surface area contributed by atoms with Crippen LogP contribution in [0, 0.1) is 6.92 Å². The molecule has 248 valence electrons. The Balaban J connectivity index is 1.07. The van der Waals surface area contributed by atoms with Crippen molar-refractivity contribution in [3.8, 4) is 0 Å². The summed E-state index contributed by atoms with van der Waals surface area (Å²) in [6, 6.07) is 14.5. The number of urea groups is 1. The van der Waals surface area contributed by atoms with E-state index in [2.05, 4.69) is 44.2 Å². The van der Waals surface area contributed by atoms with Gasteiger partial charge < -0.3 is 29.7 Å². The smallest absolute Gasteiger partial charge is 0.410 e. The summed E-state index contributed by atoms with van der Waals surface area (Å²) in [6.45, 7) is 8.84. The molecule has 2 aromatic carbocycles. The first-order valence-corrected chi connectivity index (χ1v) is 17.6. The lowest BCUT2D eigenvalue weighted by atomic mass is 10.0. The number of carbonyl (C=O) groups excluding carboxylic acids is 3. The molecule has 0 bridgehead atoms. The first-order valence-electron chi connectivity index (χ1n) is 16.8. The number of halogens is 1. The van der Waals surface area contributed by atoms with Crippen LogP contribution in [-0.2, 0) is 22.4 Å². The van der Waals surface area contributed by atoms with Crippen LogP contribution in [0.5, 0.6) is 0 Å². The Morgan fingerprint density at radius 2 is 1.59 bits per heavy atom. The minimum atomic E-state index is -0.899. The van der Waals surface area contributed by atoms with Gasteiger partial charge in [-0.15, -0.1) is 0 Å². The number of para-hydroxylation sites is 1. The Morgan fingerprint density at radius 1 is 0.891 bits per heavy atom. The number of aryl methyl sites for hydroxylation is 1. The first kappa shape index (κ1) is 32.8. The summed E-state index contributed by atoms with van der Waals surface area (Å²) in [7, 11) is 2.18. The number of benzene rings is 2. The third kappa shape index (κ3) is 7.69. The maximum atomic E-state index is 14.0. The van der Waals surface area contributed by atoms with Crippen LogP contribution in [0.25, 0.3) is 0 Å². The molecular weight excluding hydrogens is 648 g/mol. The zero-order valence-corrected chi connectivity index (χ0v) is 28.7. The Morgan fingerprint density at radius 3 is 2.30 bits per heavy atom. The van der Waals surface area contributed by atoms with Crippen LogP contribution in [0.4, 0.5) is 15.3 Å². The van der Waals surface area contributed by atoms with E-state index in [0.29, 0.717) is 58.0 Å². The van der Waals surface area contributed by atoms with Crippen LogP contribution in [0.15, 0.2) is 46.9 Å². The van der Waals surface area contributed by atoms with Crippen molar-refractivity contribution in [1.29, 1.82) is 0 Å². The lowest BCUT2D eigenvalue weighted by molar-refractivity contribution is -0.143. The van der Waals surface area contributed by atoms with Crippen LogP contribution >= 0.6 is 15.9 Å². The van der Waals surface area contributed by atoms with Crippen molar-refractivity contribution in [3.05, 3.63) is 63.6 Å². The van der Waals surface area contributed by atoms with Gasteiger partial charge >= 0.3 is 12.1 Å². The minimum absolute atomic E-state index is 0.0431. The maximum absolute atomic E-state index is 14.0. The molecule has 0 saturated carbocycles. The average molecular weight is 696 g/mol. The SMILES string of the molecule is Cc1ccc(CC(OC(=O)N2CCC(N3CCc4ccccc4NC3=O)CC2)C(=O)N2CCN(C3CCN(C)CC3)CC2)cc1Br. The van der Waals surface area contributed by atoms with Crippen LogP contribution < -0.4 is 5.32 Å². The number of nitrogens with zero attached hydrogens (tertiary/aromatic N) is 5. The number of fused-ring (bicyclic) bond motifs is 1. The Labute approximate surface area is 281 Å². The number of piperazine rings is 1. The molecule has 46 heavy (non-hydrogen) atoms. The van der Waals surface area contributed by atoms with Gasteiger partial charge in [-0.05, 0) is 88.0 Å². The molecule has 0 radical (unpaired) electrons. The van der Waals surface area contributed by atoms with Gasteiger partial charge in [0.15, 0.2) is 6.10 Å². The van der Waals surface area contributed by atoms with E-state index in [0.717, 1.165) is 59.5 Å². The van der Waals surface area contributed by atoms with Crippen molar-refractivity contribution >= 4 is 39.6 Å². The number of hydrogen-bond acceptors (Lipinski definition) is 6. The summed E-state index contributed by atoms with van der Waals surface area (Å²) < 4.78 is 7.04. The van der Waals surface area contributed by atoms with Crippen LogP contribution in [-0.4, -0.2) is 127 Å². The lowest BCUT2D eigenvalue weighted by Crippen LogP contribution is -2.56. The molecule has 1 N–H and O–H groups in total. The summed E-state index contributed by atoms with van der Waals surface area (Å²) >= 11 is 3.61. The van der Waals surface area contributed by atoms with E-state index in [-0.39, 0.29) is 18.0 Å². The minimum Gasteiger partial charge on any atom is -0.436 e. The summed E-state index contributed by atoms with van der Waals surface area (Å²) in [5, 5.41) is 3.06. The van der Waals surface area contributed by atoms with E-state index in [4.69, 9.17) is 4.74 Å². The molecule has 11 heteroatoms. The summed E-state index contributed by atoms with van der Waals surface area (Å²) in [4.78, 5) is 51.0. The molecule has 1 unspecified atom stereocenters. The molecule has 6 rings (SSSR count). The molecule has 10 nitrogen and oxygen atoms in total. The zero-order chi connectivity index (χ0) is 32.2. The second kappa shape index (κ2) is 14.7. The number of ether oxygens (including phenoxy) is 1. The molecule has 3 fully saturated rings. The molecular formula is C35H47BrN6O4. The van der Waals surface area contributed by atoms with Crippen molar-refractivity contribution in [2.45, 2.75) is 63.6 Å². The van der Waals surface area contributed by atoms with Crippen molar-refractivity contribution < 1.29 is 19.1 Å². The number of likely N-dealkylation sites (tertiary alicyclic amines) is 2. The first-order chi connectivity index (χ1) is 22.2. The second-order valence-corrected chi connectivity index (χ2v) is 14.2. The van der Waals surface area contributed by atoms with Crippen molar-refractivity contribution in [2.24, 2.45) is 0 Å². The van der Waals surface area contributed by atoms with Gasteiger partial charge in [0.1, 0.15) is 0 Å². The van der Waals surface area contributed by atoms with Crippen LogP contribution in [0.1, 0.15) is 42.4 Å². The largest absolute Gasteiger partial charge is 0.436 e. The van der Waals surface area contributed by atoms with Crippen molar-refractivity contribution in [2.75, 3.05) is 71.3 Å². The number of hydrogen-bond donors (Lipinski definition) is 1. The lowest BCUT2D eigenvalue weighted by Gasteiger charge is -2.42. The third-order valence-electron chi connectivity index (χ3n) is 10.3. The van der Waals surface area contributed by atoms with Gasteiger partial charge in [0.25, 0.3) is 5.91 Å². The fourth-order valence-corrected chi connectivity index (χ4v) is 7.75. The van der Waals surface area contributed by atoms with Gasteiger partial charge in [-0.3, -0.25) is 9.69 Å². The van der Waals surface area contributed by atoms with Gasteiger partial charge in [0.2, 0.25) is 0 Å². The van der Waals surface area contributed by atoms with E-state index >= 15 is 0 Å². The monoisotopic (exact) mass is 694 g/mol. The Hall–Kier alpha value is -3.15. The van der Waals surface area contributed by atoms with E-state index < -0.39 is 12.2 Å². The quantitative estimate of drug-likeness (QED) is 0.476. The number of piperidine rings is 2. The summed E-state index contributed by atoms with van der Waals surface area (Å²) in [5.74, 6) is -0.122. The predicted octanol–water partition coefficient (Wildman–Crippen LogP) is 4.60. The number of anilines is 1. The third-order valence-corrected chi connectivity index (χ3v) is 11.2. The summed E-state index contributed by atoms with van der Waals surface area (Å²) in [5.41, 5.74) is 4.06. The number of rotatable bonds is 6. The van der Waals surface area contributed by atoms with E-state index in [1.165, 1.54) is 12.8 Å². The van der Waals surface area contributed by atoms with Gasteiger partial charge in [-0.2, -0.15) is 0 Å². The standard InChI is InChI=1S/C35H47BrN6O4/c1-25-7-8-26(23-30(25)36)24-32(33(43)40-21-19-39(20-22-40)28-10-14-38(2)15-11-28)46-35(45)41-16-12-29(13-17-41)42-18-9-27-5-3-4-6-31(27)37-34(42)44/h3-8,23,28-29,32H,9-22,24H2,1-2H3,(H,37,44). The van der Waals surface area contributed by atoms with Crippen molar-refractivity contribution in [1.82, 2.24) is 24.5 Å². The maximum Gasteiger partial charge on any atom is 0.410 e. The predicted molar refractivity (Wildman–Crippen MR) is 182 cm³/mol. The highest BCUT2D eigenvalue weighted by molar-refractivity contribution is 9.10. The van der Waals surface area contributed by atoms with Crippen molar-refractivity contribution in [3.63, 3.8) is 0 Å². The van der Waals surface area contributed by atoms with Gasteiger partial charge in [0, 0.05) is 74.5 Å². The van der Waals surface area contributed by atoms with E-state index in [1.807, 2.05) is 53.1 Å². The number of amides is 4. The topological polar surface area (TPSA) is 88.7 Å². The van der Waals surface area contributed by atoms with E-state index in [1.54, 1.807) is 4.90 Å². The Bertz CT molecular complexity index is 1400.